The van der Waals surface area contributed by atoms with Gasteiger partial charge in [-0.3, -0.25) is 14.4 Å². The SMILES string of the molecule is CCONC(=O)CCCc1nc2ccccc2c(=O)[nH]1. The van der Waals surface area contributed by atoms with Crippen molar-refractivity contribution in [2.24, 2.45) is 0 Å². The van der Waals surface area contributed by atoms with Crippen LogP contribution in [-0.4, -0.2) is 22.5 Å². The number of benzene rings is 1. The molecular formula is C14H17N3O3. The molecule has 0 fully saturated rings. The van der Waals surface area contributed by atoms with Gasteiger partial charge in [-0.15, -0.1) is 0 Å². The summed E-state index contributed by atoms with van der Waals surface area (Å²) in [7, 11) is 0. The van der Waals surface area contributed by atoms with Crippen LogP contribution in [0.2, 0.25) is 0 Å². The highest BCUT2D eigenvalue weighted by Crippen LogP contribution is 2.07. The second-order valence-electron chi connectivity index (χ2n) is 4.34. The third kappa shape index (κ3) is 3.64. The number of aryl methyl sites for hydroxylation is 1. The van der Waals surface area contributed by atoms with Crippen molar-refractivity contribution in [1.82, 2.24) is 15.4 Å². The number of carbonyl (C=O) groups is 1. The Morgan fingerprint density at radius 2 is 2.20 bits per heavy atom. The highest BCUT2D eigenvalue weighted by molar-refractivity contribution is 5.77. The number of nitrogens with zero attached hydrogens (tertiary/aromatic N) is 1. The fourth-order valence-corrected chi connectivity index (χ4v) is 1.87. The molecule has 0 unspecified atom stereocenters. The Bertz CT molecular complexity index is 651. The molecule has 1 aromatic carbocycles. The number of rotatable bonds is 6. The lowest BCUT2D eigenvalue weighted by molar-refractivity contribution is -0.133. The molecule has 0 saturated carbocycles. The number of fused-ring (bicyclic) bond motifs is 1. The van der Waals surface area contributed by atoms with E-state index < -0.39 is 0 Å². The van der Waals surface area contributed by atoms with Crippen LogP contribution >= 0.6 is 0 Å². The zero-order chi connectivity index (χ0) is 14.4. The number of H-pyrrole nitrogens is 1. The topological polar surface area (TPSA) is 84.1 Å². The number of hydrogen-bond acceptors (Lipinski definition) is 4. The minimum Gasteiger partial charge on any atom is -0.310 e. The highest BCUT2D eigenvalue weighted by atomic mass is 16.6. The van der Waals surface area contributed by atoms with E-state index in [1.165, 1.54) is 0 Å². The Labute approximate surface area is 116 Å². The van der Waals surface area contributed by atoms with Crippen molar-refractivity contribution in [2.45, 2.75) is 26.2 Å². The van der Waals surface area contributed by atoms with Gasteiger partial charge in [0.1, 0.15) is 5.82 Å². The number of amides is 1. The highest BCUT2D eigenvalue weighted by Gasteiger charge is 2.05. The van der Waals surface area contributed by atoms with Crippen LogP contribution in [0.25, 0.3) is 10.9 Å². The lowest BCUT2D eigenvalue weighted by Crippen LogP contribution is -2.23. The summed E-state index contributed by atoms with van der Waals surface area (Å²) in [6, 6.07) is 7.18. The molecule has 2 N–H and O–H groups in total. The number of para-hydroxylation sites is 1. The predicted octanol–water partition coefficient (Wildman–Crippen LogP) is 1.31. The molecule has 106 valence electrons. The molecule has 1 amide bonds. The lowest BCUT2D eigenvalue weighted by Gasteiger charge is -2.04. The van der Waals surface area contributed by atoms with Crippen LogP contribution in [0.15, 0.2) is 29.1 Å². The van der Waals surface area contributed by atoms with Gasteiger partial charge in [0.25, 0.3) is 5.56 Å². The summed E-state index contributed by atoms with van der Waals surface area (Å²) < 4.78 is 0. The van der Waals surface area contributed by atoms with Gasteiger partial charge in [-0.25, -0.2) is 10.5 Å². The molecule has 6 heteroatoms. The van der Waals surface area contributed by atoms with Crippen LogP contribution in [0, 0.1) is 0 Å². The molecule has 2 aromatic rings. The van der Waals surface area contributed by atoms with Gasteiger partial charge in [-0.1, -0.05) is 12.1 Å². The van der Waals surface area contributed by atoms with Crippen LogP contribution < -0.4 is 11.0 Å². The van der Waals surface area contributed by atoms with E-state index in [9.17, 15) is 9.59 Å². The van der Waals surface area contributed by atoms with Crippen LogP contribution in [0.1, 0.15) is 25.6 Å². The van der Waals surface area contributed by atoms with E-state index in [2.05, 4.69) is 15.4 Å². The van der Waals surface area contributed by atoms with E-state index in [4.69, 9.17) is 4.84 Å². The first-order chi connectivity index (χ1) is 9.70. The van der Waals surface area contributed by atoms with Crippen molar-refractivity contribution in [3.05, 3.63) is 40.4 Å². The first-order valence-electron chi connectivity index (χ1n) is 6.59. The first-order valence-corrected chi connectivity index (χ1v) is 6.59. The van der Waals surface area contributed by atoms with E-state index in [1.807, 2.05) is 6.07 Å². The number of aromatic nitrogens is 2. The monoisotopic (exact) mass is 275 g/mol. The minimum atomic E-state index is -0.171. The van der Waals surface area contributed by atoms with Crippen molar-refractivity contribution in [1.29, 1.82) is 0 Å². The Kier molecular flexibility index (Phi) is 4.84. The molecule has 0 aliphatic rings. The smallest absolute Gasteiger partial charge is 0.258 e. The van der Waals surface area contributed by atoms with Gasteiger partial charge < -0.3 is 4.98 Å². The first kappa shape index (κ1) is 14.2. The molecule has 2 rings (SSSR count). The van der Waals surface area contributed by atoms with Crippen molar-refractivity contribution in [3.8, 4) is 0 Å². The number of aromatic amines is 1. The molecule has 6 nitrogen and oxygen atoms in total. The van der Waals surface area contributed by atoms with Crippen molar-refractivity contribution < 1.29 is 9.63 Å². The average molecular weight is 275 g/mol. The van der Waals surface area contributed by atoms with Crippen LogP contribution in [0.5, 0.6) is 0 Å². The maximum absolute atomic E-state index is 11.8. The number of hydrogen-bond donors (Lipinski definition) is 2. The predicted molar refractivity (Wildman–Crippen MR) is 75.1 cm³/mol. The van der Waals surface area contributed by atoms with Crippen LogP contribution in [0.3, 0.4) is 0 Å². The van der Waals surface area contributed by atoms with E-state index in [0.29, 0.717) is 42.6 Å². The maximum Gasteiger partial charge on any atom is 0.258 e. The Morgan fingerprint density at radius 1 is 1.40 bits per heavy atom. The largest absolute Gasteiger partial charge is 0.310 e. The number of nitrogens with one attached hydrogen (secondary N) is 2. The van der Waals surface area contributed by atoms with Crippen molar-refractivity contribution in [2.75, 3.05) is 6.61 Å². The van der Waals surface area contributed by atoms with E-state index in [-0.39, 0.29) is 11.5 Å². The molecule has 0 bridgehead atoms. The lowest BCUT2D eigenvalue weighted by atomic mass is 10.2. The van der Waals surface area contributed by atoms with Gasteiger partial charge >= 0.3 is 0 Å². The third-order valence-electron chi connectivity index (χ3n) is 2.81. The molecular weight excluding hydrogens is 258 g/mol. The molecule has 1 heterocycles. The molecule has 0 saturated heterocycles. The summed E-state index contributed by atoms with van der Waals surface area (Å²) in [6.07, 6.45) is 1.47. The standard InChI is InChI=1S/C14H17N3O3/c1-2-20-17-13(18)9-5-8-12-15-11-7-4-3-6-10(11)14(19)16-12/h3-4,6-7H,2,5,8-9H2,1H3,(H,17,18)(H,15,16,19). The number of hydroxylamine groups is 1. The Hall–Kier alpha value is -2.21. The van der Waals surface area contributed by atoms with Crippen LogP contribution in [-0.2, 0) is 16.1 Å². The zero-order valence-corrected chi connectivity index (χ0v) is 11.3. The van der Waals surface area contributed by atoms with E-state index in [1.54, 1.807) is 25.1 Å². The van der Waals surface area contributed by atoms with Crippen LogP contribution in [0.4, 0.5) is 0 Å². The van der Waals surface area contributed by atoms with Gasteiger partial charge in [0.15, 0.2) is 0 Å². The van der Waals surface area contributed by atoms with Gasteiger partial charge in [0.05, 0.1) is 17.5 Å². The second kappa shape index (κ2) is 6.81. The summed E-state index contributed by atoms with van der Waals surface area (Å²) in [6.45, 7) is 2.23. The van der Waals surface area contributed by atoms with Crippen molar-refractivity contribution >= 4 is 16.8 Å². The number of carbonyl (C=O) groups excluding carboxylic acids is 1. The summed E-state index contributed by atoms with van der Waals surface area (Å²) in [5, 5.41) is 0.574. The zero-order valence-electron chi connectivity index (χ0n) is 11.3. The Balaban J connectivity index is 1.97. The van der Waals surface area contributed by atoms with E-state index >= 15 is 0 Å². The van der Waals surface area contributed by atoms with Gasteiger partial charge in [-0.2, -0.15) is 0 Å². The molecule has 20 heavy (non-hydrogen) atoms. The minimum absolute atomic E-state index is 0.149. The van der Waals surface area contributed by atoms with E-state index in [0.717, 1.165) is 0 Å². The summed E-state index contributed by atoms with van der Waals surface area (Å²) in [5.74, 6) is 0.424. The van der Waals surface area contributed by atoms with Crippen molar-refractivity contribution in [3.63, 3.8) is 0 Å². The summed E-state index contributed by atoms with van der Waals surface area (Å²) in [4.78, 5) is 35.1. The average Bonchev–Trinajstić information content (AvgIpc) is 2.45. The summed E-state index contributed by atoms with van der Waals surface area (Å²) in [5.41, 5.74) is 2.85. The maximum atomic E-state index is 11.8. The molecule has 0 spiro atoms. The van der Waals surface area contributed by atoms with Gasteiger partial charge in [0, 0.05) is 12.8 Å². The third-order valence-corrected chi connectivity index (χ3v) is 2.81. The fraction of sp³-hybridized carbons (Fsp3) is 0.357. The van der Waals surface area contributed by atoms with Gasteiger partial charge in [0.2, 0.25) is 5.91 Å². The molecule has 0 atom stereocenters. The molecule has 1 aromatic heterocycles. The molecule has 0 radical (unpaired) electrons. The molecule has 0 aliphatic carbocycles. The second-order valence-corrected chi connectivity index (χ2v) is 4.34. The Morgan fingerprint density at radius 3 is 3.00 bits per heavy atom. The fourth-order valence-electron chi connectivity index (χ4n) is 1.87. The summed E-state index contributed by atoms with van der Waals surface area (Å²) >= 11 is 0. The molecule has 0 aliphatic heterocycles. The van der Waals surface area contributed by atoms with Gasteiger partial charge in [-0.05, 0) is 25.5 Å². The quantitative estimate of drug-likeness (QED) is 0.779. The normalized spacial score (nSPS) is 10.7.